The molecule has 0 aromatic heterocycles. The maximum atomic E-state index is 13.0. The van der Waals surface area contributed by atoms with Crippen molar-refractivity contribution in [2.45, 2.75) is 307 Å². The molecule has 1 saturated heterocycles. The first-order valence-electron chi connectivity index (χ1n) is 26.9. The van der Waals surface area contributed by atoms with Crippen LogP contribution in [-0.4, -0.2) is 87.5 Å². The van der Waals surface area contributed by atoms with Gasteiger partial charge in [0, 0.05) is 6.42 Å². The number of rotatable bonds is 46. The van der Waals surface area contributed by atoms with E-state index < -0.39 is 49.5 Å². The SMILES string of the molecule is CCCCCCCCCCCCC/C=C/C(O)C(COC1OC(CO)C(O)C(O)C1O)NC(=O)CCCCCCCCCCCCCCCCCCCCCCCCCCCC. The highest BCUT2D eigenvalue weighted by molar-refractivity contribution is 5.76. The lowest BCUT2D eigenvalue weighted by Gasteiger charge is -2.40. The van der Waals surface area contributed by atoms with Gasteiger partial charge in [0.1, 0.15) is 24.4 Å². The number of ether oxygens (including phenoxy) is 2. The van der Waals surface area contributed by atoms with Crippen molar-refractivity contribution in [1.29, 1.82) is 0 Å². The normalized spacial score (nSPS) is 20.3. The Kier molecular flexibility index (Phi) is 41.6. The number of unbranched alkanes of at least 4 members (excludes halogenated alkanes) is 36. The van der Waals surface area contributed by atoms with Crippen LogP contribution in [0, 0.1) is 0 Å². The molecule has 0 aliphatic carbocycles. The highest BCUT2D eigenvalue weighted by Gasteiger charge is 2.44. The first-order valence-corrected chi connectivity index (χ1v) is 26.9. The van der Waals surface area contributed by atoms with E-state index in [0.717, 1.165) is 38.5 Å². The van der Waals surface area contributed by atoms with E-state index in [4.69, 9.17) is 9.47 Å². The summed E-state index contributed by atoms with van der Waals surface area (Å²) in [5.74, 6) is -0.172. The average Bonchev–Trinajstić information content (AvgIpc) is 3.27. The van der Waals surface area contributed by atoms with Crippen LogP contribution in [0.1, 0.15) is 264 Å². The molecule has 1 heterocycles. The minimum Gasteiger partial charge on any atom is -0.394 e. The molecule has 0 radical (unpaired) electrons. The Hall–Kier alpha value is -1.07. The summed E-state index contributed by atoms with van der Waals surface area (Å²) in [5, 5.41) is 54.3. The topological polar surface area (TPSA) is 149 Å². The van der Waals surface area contributed by atoms with E-state index in [1.165, 1.54) is 205 Å². The number of amides is 1. The minimum absolute atomic E-state index is 0.172. The van der Waals surface area contributed by atoms with Crippen molar-refractivity contribution in [2.75, 3.05) is 13.2 Å². The fraction of sp³-hybridized carbons (Fsp3) is 0.943. The van der Waals surface area contributed by atoms with Crippen molar-refractivity contribution in [1.82, 2.24) is 5.32 Å². The summed E-state index contributed by atoms with van der Waals surface area (Å²) in [6.45, 7) is 3.80. The van der Waals surface area contributed by atoms with E-state index in [1.54, 1.807) is 6.08 Å². The maximum Gasteiger partial charge on any atom is 0.220 e. The quantitative estimate of drug-likeness (QED) is 0.0261. The van der Waals surface area contributed by atoms with Gasteiger partial charge in [-0.3, -0.25) is 4.79 Å². The Bertz CT molecular complexity index is 981. The lowest BCUT2D eigenvalue weighted by atomic mass is 9.99. The predicted molar refractivity (Wildman–Crippen MR) is 258 cm³/mol. The molecule has 0 aromatic rings. The van der Waals surface area contributed by atoms with E-state index in [-0.39, 0.29) is 12.5 Å². The number of carbonyl (C=O) groups excluding carboxylic acids is 1. The van der Waals surface area contributed by atoms with Gasteiger partial charge >= 0.3 is 0 Å². The molecular weight excluding hydrogens is 779 g/mol. The fourth-order valence-electron chi connectivity index (χ4n) is 8.81. The maximum absolute atomic E-state index is 13.0. The highest BCUT2D eigenvalue weighted by Crippen LogP contribution is 2.23. The molecule has 9 heteroatoms. The molecule has 7 atom stereocenters. The summed E-state index contributed by atoms with van der Waals surface area (Å²) >= 11 is 0. The van der Waals surface area contributed by atoms with Gasteiger partial charge in [0.15, 0.2) is 6.29 Å². The van der Waals surface area contributed by atoms with Crippen molar-refractivity contribution in [3.63, 3.8) is 0 Å². The molecule has 0 saturated carbocycles. The Balaban J connectivity index is 2.18. The molecule has 1 amide bonds. The molecular formula is C53H103NO8. The Morgan fingerprint density at radius 3 is 1.26 bits per heavy atom. The van der Waals surface area contributed by atoms with Crippen molar-refractivity contribution in [3.8, 4) is 0 Å². The number of carbonyl (C=O) groups is 1. The van der Waals surface area contributed by atoms with E-state index in [0.29, 0.717) is 6.42 Å². The van der Waals surface area contributed by atoms with Crippen LogP contribution in [-0.2, 0) is 14.3 Å². The number of aliphatic hydroxyl groups excluding tert-OH is 5. The van der Waals surface area contributed by atoms with Gasteiger partial charge in [-0.1, -0.05) is 251 Å². The standard InChI is InChI=1S/C53H103NO8/c1-3-5-7-9-11-13-15-17-18-19-20-21-22-23-24-25-26-27-28-29-31-33-35-37-39-41-43-49(57)54-46(45-61-53-52(60)51(59)50(58)48(44-55)62-53)47(56)42-40-38-36-34-32-30-16-14-12-10-8-6-4-2/h40,42,46-48,50-53,55-56,58-60H,3-39,41,43-45H2,1-2H3,(H,54,57)/b42-40+. The van der Waals surface area contributed by atoms with Crippen LogP contribution in [0.3, 0.4) is 0 Å². The number of nitrogens with one attached hydrogen (secondary N) is 1. The molecule has 6 N–H and O–H groups in total. The molecule has 0 aromatic carbocycles. The summed E-state index contributed by atoms with van der Waals surface area (Å²) in [5.41, 5.74) is 0. The van der Waals surface area contributed by atoms with Crippen LogP contribution < -0.4 is 5.32 Å². The minimum atomic E-state index is -1.56. The first kappa shape index (κ1) is 58.9. The third-order valence-electron chi connectivity index (χ3n) is 13.1. The monoisotopic (exact) mass is 882 g/mol. The molecule has 0 spiro atoms. The summed E-state index contributed by atoms with van der Waals surface area (Å²) < 4.78 is 11.2. The van der Waals surface area contributed by atoms with E-state index in [1.807, 2.05) is 6.08 Å². The van der Waals surface area contributed by atoms with Crippen LogP contribution in [0.25, 0.3) is 0 Å². The fourth-order valence-corrected chi connectivity index (χ4v) is 8.81. The Morgan fingerprint density at radius 2 is 0.887 bits per heavy atom. The lowest BCUT2D eigenvalue weighted by molar-refractivity contribution is -0.302. The Morgan fingerprint density at radius 1 is 0.532 bits per heavy atom. The third-order valence-corrected chi connectivity index (χ3v) is 13.1. The molecule has 62 heavy (non-hydrogen) atoms. The molecule has 1 aliphatic heterocycles. The van der Waals surface area contributed by atoms with Gasteiger partial charge in [0.25, 0.3) is 0 Å². The van der Waals surface area contributed by atoms with E-state index in [2.05, 4.69) is 19.2 Å². The number of allylic oxidation sites excluding steroid dienone is 1. The van der Waals surface area contributed by atoms with Crippen molar-refractivity contribution >= 4 is 5.91 Å². The lowest BCUT2D eigenvalue weighted by Crippen LogP contribution is -2.60. The molecule has 368 valence electrons. The van der Waals surface area contributed by atoms with Crippen molar-refractivity contribution in [2.24, 2.45) is 0 Å². The number of aliphatic hydroxyl groups is 5. The smallest absolute Gasteiger partial charge is 0.220 e. The van der Waals surface area contributed by atoms with Crippen LogP contribution in [0.4, 0.5) is 0 Å². The van der Waals surface area contributed by atoms with Gasteiger partial charge in [-0.05, 0) is 19.3 Å². The predicted octanol–water partition coefficient (Wildman–Crippen LogP) is 12.5. The number of hydrogen-bond donors (Lipinski definition) is 6. The molecule has 1 fully saturated rings. The van der Waals surface area contributed by atoms with E-state index in [9.17, 15) is 30.3 Å². The molecule has 0 bridgehead atoms. The van der Waals surface area contributed by atoms with Crippen LogP contribution in [0.2, 0.25) is 0 Å². The second-order valence-corrected chi connectivity index (χ2v) is 19.0. The summed E-state index contributed by atoms with van der Waals surface area (Å²) in [6.07, 6.45) is 45.6. The van der Waals surface area contributed by atoms with Gasteiger partial charge in [0.2, 0.25) is 5.91 Å². The summed E-state index contributed by atoms with van der Waals surface area (Å²) in [4.78, 5) is 13.0. The molecule has 9 nitrogen and oxygen atoms in total. The molecule has 1 rings (SSSR count). The van der Waals surface area contributed by atoms with Crippen molar-refractivity contribution in [3.05, 3.63) is 12.2 Å². The summed E-state index contributed by atoms with van der Waals surface area (Å²) in [7, 11) is 0. The third kappa shape index (κ3) is 33.4. The number of hydrogen-bond acceptors (Lipinski definition) is 8. The van der Waals surface area contributed by atoms with Gasteiger partial charge in [-0.25, -0.2) is 0 Å². The van der Waals surface area contributed by atoms with Crippen LogP contribution in [0.5, 0.6) is 0 Å². The van der Waals surface area contributed by atoms with Gasteiger partial charge in [-0.2, -0.15) is 0 Å². The average molecular weight is 882 g/mol. The highest BCUT2D eigenvalue weighted by atomic mass is 16.7. The summed E-state index contributed by atoms with van der Waals surface area (Å²) in [6, 6.07) is -0.799. The second kappa shape index (κ2) is 43.8. The molecule has 7 unspecified atom stereocenters. The Labute approximate surface area is 382 Å². The van der Waals surface area contributed by atoms with Crippen LogP contribution in [0.15, 0.2) is 12.2 Å². The van der Waals surface area contributed by atoms with E-state index >= 15 is 0 Å². The largest absolute Gasteiger partial charge is 0.394 e. The van der Waals surface area contributed by atoms with Gasteiger partial charge < -0.3 is 40.3 Å². The second-order valence-electron chi connectivity index (χ2n) is 19.0. The first-order chi connectivity index (χ1) is 30.3. The zero-order chi connectivity index (χ0) is 45.1. The zero-order valence-corrected chi connectivity index (χ0v) is 40.6. The van der Waals surface area contributed by atoms with Gasteiger partial charge in [-0.15, -0.1) is 0 Å². The van der Waals surface area contributed by atoms with Gasteiger partial charge in [0.05, 0.1) is 25.4 Å². The van der Waals surface area contributed by atoms with Crippen LogP contribution >= 0.6 is 0 Å². The zero-order valence-electron chi connectivity index (χ0n) is 40.6. The van der Waals surface area contributed by atoms with Crippen molar-refractivity contribution < 1.29 is 39.8 Å². The molecule has 1 aliphatic rings.